The molecule has 0 spiro atoms. The van der Waals surface area contributed by atoms with Crippen molar-refractivity contribution in [3.05, 3.63) is 59.7 Å². The molecule has 7 heteroatoms. The van der Waals surface area contributed by atoms with E-state index in [0.717, 1.165) is 0 Å². The van der Waals surface area contributed by atoms with E-state index in [1.165, 1.54) is 17.0 Å². The van der Waals surface area contributed by atoms with Gasteiger partial charge < -0.3 is 10.0 Å². The van der Waals surface area contributed by atoms with E-state index in [0.29, 0.717) is 11.3 Å². The predicted molar refractivity (Wildman–Crippen MR) is 82.0 cm³/mol. The monoisotopic (exact) mass is 316 g/mol. The van der Waals surface area contributed by atoms with Crippen molar-refractivity contribution in [1.82, 2.24) is 0 Å². The summed E-state index contributed by atoms with van der Waals surface area (Å²) < 4.78 is 28.0. The average molecular weight is 316 g/mol. The fraction of sp³-hybridized carbons (Fsp3) is 0.0667. The highest BCUT2D eigenvalue weighted by Gasteiger charge is 2.31. The fourth-order valence-corrected chi connectivity index (χ4v) is 3.63. The number of hydrogen-bond donors (Lipinski definition) is 1. The normalized spacial score (nSPS) is 15.0. The van der Waals surface area contributed by atoms with Crippen LogP contribution in [0.3, 0.4) is 0 Å². The maximum atomic E-state index is 12.1. The first-order valence-electron chi connectivity index (χ1n) is 6.42. The molecule has 112 valence electrons. The summed E-state index contributed by atoms with van der Waals surface area (Å²) in [6, 6.07) is 12.8. The zero-order valence-electron chi connectivity index (χ0n) is 11.6. The first-order chi connectivity index (χ1) is 10.4. The number of aromatic carboxylic acids is 1. The van der Waals surface area contributed by atoms with Crippen LogP contribution in [0.15, 0.2) is 57.8 Å². The average Bonchev–Trinajstić information content (AvgIpc) is 2.79. The Morgan fingerprint density at radius 1 is 1.09 bits per heavy atom. The van der Waals surface area contributed by atoms with Gasteiger partial charge in [-0.15, -0.1) is 4.40 Å². The van der Waals surface area contributed by atoms with Crippen LogP contribution in [0.2, 0.25) is 0 Å². The van der Waals surface area contributed by atoms with Crippen molar-refractivity contribution in [2.24, 2.45) is 4.40 Å². The second kappa shape index (κ2) is 4.96. The van der Waals surface area contributed by atoms with Gasteiger partial charge in [-0.2, -0.15) is 8.42 Å². The summed E-state index contributed by atoms with van der Waals surface area (Å²) >= 11 is 0. The number of carboxylic acid groups (broad SMARTS) is 1. The van der Waals surface area contributed by atoms with Crippen LogP contribution < -0.4 is 4.90 Å². The molecule has 0 saturated carbocycles. The SMILES string of the molecule is CN(C1=NS(=O)(=O)c2ccccc21)c1ccccc1C(=O)O. The summed E-state index contributed by atoms with van der Waals surface area (Å²) in [5.74, 6) is -0.874. The minimum atomic E-state index is -3.74. The molecule has 0 unspecified atom stereocenters. The molecular weight excluding hydrogens is 304 g/mol. The Balaban J connectivity index is 2.16. The number of anilines is 1. The molecule has 1 aliphatic heterocycles. The smallest absolute Gasteiger partial charge is 0.337 e. The molecular formula is C15H12N2O4S. The number of nitrogens with zero attached hydrogens (tertiary/aromatic N) is 2. The Kier molecular flexibility index (Phi) is 3.22. The Labute approximate surface area is 127 Å². The van der Waals surface area contributed by atoms with Crippen LogP contribution in [-0.4, -0.2) is 32.4 Å². The van der Waals surface area contributed by atoms with Crippen LogP contribution in [0.5, 0.6) is 0 Å². The summed E-state index contributed by atoms with van der Waals surface area (Å²) in [4.78, 5) is 12.9. The standard InChI is InChI=1S/C15H12N2O4S/c1-17(12-8-4-2-6-10(12)15(18)19)14-11-7-3-5-9-13(11)22(20,21)16-14/h2-9H,1H3,(H,18,19). The number of carboxylic acids is 1. The quantitative estimate of drug-likeness (QED) is 0.915. The Bertz CT molecular complexity index is 903. The van der Waals surface area contributed by atoms with Gasteiger partial charge in [0.1, 0.15) is 4.90 Å². The minimum Gasteiger partial charge on any atom is -0.478 e. The van der Waals surface area contributed by atoms with Crippen molar-refractivity contribution in [1.29, 1.82) is 0 Å². The highest BCUT2D eigenvalue weighted by molar-refractivity contribution is 7.90. The van der Waals surface area contributed by atoms with Gasteiger partial charge in [0.25, 0.3) is 10.0 Å². The van der Waals surface area contributed by atoms with E-state index in [9.17, 15) is 18.3 Å². The first-order valence-corrected chi connectivity index (χ1v) is 7.86. The van der Waals surface area contributed by atoms with Gasteiger partial charge in [-0.25, -0.2) is 4.79 Å². The van der Waals surface area contributed by atoms with Crippen LogP contribution in [0.25, 0.3) is 0 Å². The Hall–Kier alpha value is -2.67. The zero-order chi connectivity index (χ0) is 15.9. The number of hydrogen-bond acceptors (Lipinski definition) is 4. The molecule has 0 amide bonds. The Morgan fingerprint density at radius 2 is 1.73 bits per heavy atom. The van der Waals surface area contributed by atoms with Crippen molar-refractivity contribution in [3.8, 4) is 0 Å². The lowest BCUT2D eigenvalue weighted by Gasteiger charge is -2.20. The molecule has 0 saturated heterocycles. The van der Waals surface area contributed by atoms with Crippen molar-refractivity contribution >= 4 is 27.5 Å². The van der Waals surface area contributed by atoms with Gasteiger partial charge in [-0.1, -0.05) is 24.3 Å². The molecule has 0 atom stereocenters. The number of amidine groups is 1. The second-order valence-electron chi connectivity index (χ2n) is 4.77. The van der Waals surface area contributed by atoms with E-state index >= 15 is 0 Å². The van der Waals surface area contributed by atoms with E-state index < -0.39 is 16.0 Å². The molecule has 6 nitrogen and oxygen atoms in total. The third-order valence-electron chi connectivity index (χ3n) is 3.43. The van der Waals surface area contributed by atoms with Crippen LogP contribution in [0.4, 0.5) is 5.69 Å². The van der Waals surface area contributed by atoms with Crippen LogP contribution in [-0.2, 0) is 10.0 Å². The molecule has 0 aliphatic carbocycles. The van der Waals surface area contributed by atoms with Crippen LogP contribution in [0, 0.1) is 0 Å². The van der Waals surface area contributed by atoms with Gasteiger partial charge in [0.2, 0.25) is 0 Å². The maximum Gasteiger partial charge on any atom is 0.337 e. The largest absolute Gasteiger partial charge is 0.478 e. The predicted octanol–water partition coefficient (Wildman–Crippen LogP) is 1.97. The van der Waals surface area contributed by atoms with Gasteiger partial charge in [-0.3, -0.25) is 0 Å². The molecule has 0 bridgehead atoms. The molecule has 2 aromatic rings. The third kappa shape index (κ3) is 2.15. The highest BCUT2D eigenvalue weighted by Crippen LogP contribution is 2.30. The number of carbonyl (C=O) groups is 1. The Morgan fingerprint density at radius 3 is 2.45 bits per heavy atom. The van der Waals surface area contributed by atoms with Gasteiger partial charge in [-0.05, 0) is 24.3 Å². The molecule has 0 radical (unpaired) electrons. The molecule has 22 heavy (non-hydrogen) atoms. The van der Waals surface area contributed by atoms with E-state index in [-0.39, 0.29) is 16.3 Å². The molecule has 1 aliphatic rings. The lowest BCUT2D eigenvalue weighted by Crippen LogP contribution is -2.27. The van der Waals surface area contributed by atoms with Gasteiger partial charge >= 0.3 is 5.97 Å². The topological polar surface area (TPSA) is 87.0 Å². The lowest BCUT2D eigenvalue weighted by molar-refractivity contribution is 0.0697. The zero-order valence-corrected chi connectivity index (χ0v) is 12.4. The second-order valence-corrected chi connectivity index (χ2v) is 6.34. The summed E-state index contributed by atoms with van der Waals surface area (Å²) in [6.45, 7) is 0. The molecule has 1 N–H and O–H groups in total. The number of benzene rings is 2. The molecule has 3 rings (SSSR count). The summed E-state index contributed by atoms with van der Waals surface area (Å²) in [6.07, 6.45) is 0. The summed E-state index contributed by atoms with van der Waals surface area (Å²) in [5, 5.41) is 9.27. The highest BCUT2D eigenvalue weighted by atomic mass is 32.2. The van der Waals surface area contributed by atoms with Gasteiger partial charge in [0.15, 0.2) is 5.84 Å². The maximum absolute atomic E-state index is 12.1. The van der Waals surface area contributed by atoms with E-state index in [1.807, 2.05) is 0 Å². The van der Waals surface area contributed by atoms with E-state index in [4.69, 9.17) is 0 Å². The van der Waals surface area contributed by atoms with Gasteiger partial charge in [0, 0.05) is 12.6 Å². The summed E-state index contributed by atoms with van der Waals surface area (Å²) in [5.41, 5.74) is 0.917. The van der Waals surface area contributed by atoms with E-state index in [2.05, 4.69) is 4.40 Å². The third-order valence-corrected chi connectivity index (χ3v) is 4.75. The number of para-hydroxylation sites is 1. The van der Waals surface area contributed by atoms with Crippen molar-refractivity contribution < 1.29 is 18.3 Å². The first kappa shape index (κ1) is 14.3. The molecule has 1 heterocycles. The minimum absolute atomic E-state index is 0.0782. The summed E-state index contributed by atoms with van der Waals surface area (Å²) in [7, 11) is -2.15. The molecule has 2 aromatic carbocycles. The van der Waals surface area contributed by atoms with Gasteiger partial charge in [0.05, 0.1) is 11.3 Å². The van der Waals surface area contributed by atoms with Crippen molar-refractivity contribution in [2.75, 3.05) is 11.9 Å². The number of sulfonamides is 1. The molecule has 0 aromatic heterocycles. The van der Waals surface area contributed by atoms with Crippen LogP contribution in [0.1, 0.15) is 15.9 Å². The molecule has 0 fully saturated rings. The van der Waals surface area contributed by atoms with Crippen molar-refractivity contribution in [3.63, 3.8) is 0 Å². The lowest BCUT2D eigenvalue weighted by atomic mass is 10.1. The van der Waals surface area contributed by atoms with Crippen LogP contribution >= 0.6 is 0 Å². The van der Waals surface area contributed by atoms with E-state index in [1.54, 1.807) is 43.4 Å². The fourth-order valence-electron chi connectivity index (χ4n) is 2.39. The van der Waals surface area contributed by atoms with Crippen molar-refractivity contribution in [2.45, 2.75) is 4.90 Å². The number of fused-ring (bicyclic) bond motifs is 1. The number of rotatable bonds is 2.